The summed E-state index contributed by atoms with van der Waals surface area (Å²) in [5.74, 6) is 0.212. The molecule has 15 heteroatoms. The normalized spacial score (nSPS) is 14.7. The summed E-state index contributed by atoms with van der Waals surface area (Å²) in [6.07, 6.45) is -3.33. The quantitative estimate of drug-likeness (QED) is 0.291. The highest BCUT2D eigenvalue weighted by molar-refractivity contribution is 5.86. The average molecular weight is 563 g/mol. The zero-order valence-electron chi connectivity index (χ0n) is 20.9. The van der Waals surface area contributed by atoms with Crippen LogP contribution in [-0.4, -0.2) is 50.1 Å². The lowest BCUT2D eigenvalue weighted by Crippen LogP contribution is -2.30. The minimum absolute atomic E-state index is 0.00551. The summed E-state index contributed by atoms with van der Waals surface area (Å²) in [6.45, 7) is 1.99. The van der Waals surface area contributed by atoms with Crippen molar-refractivity contribution in [1.29, 1.82) is 0 Å². The average Bonchev–Trinajstić information content (AvgIpc) is 2.89. The summed E-state index contributed by atoms with van der Waals surface area (Å²) in [5.41, 5.74) is -4.07. The first kappa shape index (κ1) is 27.0. The number of benzene rings is 1. The lowest BCUT2D eigenvalue weighted by Gasteiger charge is -2.20. The zero-order chi connectivity index (χ0) is 28.6. The number of nitrogens with zero attached hydrogens (tertiary/aromatic N) is 4. The first-order valence-electron chi connectivity index (χ1n) is 12.1. The van der Waals surface area contributed by atoms with Crippen LogP contribution in [-0.2, 0) is 12.7 Å². The Hall–Kier alpha value is -4.56. The highest BCUT2D eigenvalue weighted by Crippen LogP contribution is 2.32. The van der Waals surface area contributed by atoms with E-state index in [1.165, 1.54) is 31.5 Å². The highest BCUT2D eigenvalue weighted by atomic mass is 19.4. The number of hydrogen-bond donors (Lipinski definition) is 3. The fourth-order valence-electron chi connectivity index (χ4n) is 4.47. The van der Waals surface area contributed by atoms with Gasteiger partial charge in [-0.25, -0.2) is 23.8 Å². The van der Waals surface area contributed by atoms with Gasteiger partial charge in [-0.05, 0) is 30.5 Å². The van der Waals surface area contributed by atoms with Gasteiger partial charge in [0, 0.05) is 18.7 Å². The van der Waals surface area contributed by atoms with Crippen molar-refractivity contribution in [2.75, 3.05) is 23.8 Å². The standard InChI is InChI=1S/C25H22F5N7O3/c1-12(34-18-9-33-36-23(38)20(18)25(28,29)30)6-14(26)11-37-4-2-13-7-16(17(27)8-15(13)24(37)39)21-32-10-19-22(35-21)31-3-5-40-19/h2,4,7-10,12,14H,3,5-6,11H2,1H3,(H,31,32,35)(H2,34,36,38)/t12-,14-/m1/s1. The van der Waals surface area contributed by atoms with Crippen LogP contribution in [0.5, 0.6) is 5.75 Å². The van der Waals surface area contributed by atoms with Crippen LogP contribution in [0.25, 0.3) is 22.2 Å². The van der Waals surface area contributed by atoms with Crippen LogP contribution < -0.4 is 26.5 Å². The second-order valence-electron chi connectivity index (χ2n) is 9.24. The molecule has 0 aliphatic carbocycles. The third-order valence-corrected chi connectivity index (χ3v) is 6.26. The topological polar surface area (TPSA) is 127 Å². The van der Waals surface area contributed by atoms with Crippen molar-refractivity contribution in [3.8, 4) is 17.1 Å². The monoisotopic (exact) mass is 563 g/mol. The van der Waals surface area contributed by atoms with Gasteiger partial charge in [-0.1, -0.05) is 0 Å². The van der Waals surface area contributed by atoms with E-state index in [2.05, 4.69) is 25.7 Å². The smallest absolute Gasteiger partial charge is 0.423 e. The molecule has 0 amide bonds. The van der Waals surface area contributed by atoms with Gasteiger partial charge >= 0.3 is 6.18 Å². The van der Waals surface area contributed by atoms with Gasteiger partial charge in [-0.3, -0.25) is 9.59 Å². The van der Waals surface area contributed by atoms with Gasteiger partial charge in [-0.15, -0.1) is 0 Å². The van der Waals surface area contributed by atoms with Gasteiger partial charge in [0.2, 0.25) is 0 Å². The SMILES string of the molecule is C[C@H](C[C@@H](F)Cn1ccc2cc(-c3ncc4c(n3)NCCO4)c(F)cc2c1=O)Nc1cn[nH]c(=O)c1C(F)(F)F. The van der Waals surface area contributed by atoms with Crippen molar-refractivity contribution >= 4 is 22.3 Å². The number of pyridine rings is 1. The van der Waals surface area contributed by atoms with Crippen LogP contribution in [0.3, 0.4) is 0 Å². The lowest BCUT2D eigenvalue weighted by atomic mass is 10.1. The minimum Gasteiger partial charge on any atom is -0.486 e. The number of rotatable bonds is 7. The third-order valence-electron chi connectivity index (χ3n) is 6.26. The maximum atomic E-state index is 15.1. The number of aromatic nitrogens is 5. The number of alkyl halides is 4. The van der Waals surface area contributed by atoms with Gasteiger partial charge in [0.1, 0.15) is 24.2 Å². The molecule has 0 saturated heterocycles. The maximum absolute atomic E-state index is 15.1. The van der Waals surface area contributed by atoms with E-state index in [0.29, 0.717) is 30.1 Å². The summed E-state index contributed by atoms with van der Waals surface area (Å²) in [7, 11) is 0. The van der Waals surface area contributed by atoms with E-state index in [9.17, 15) is 27.2 Å². The number of aromatic amines is 1. The molecule has 0 bridgehead atoms. The molecule has 5 rings (SSSR count). The molecule has 0 unspecified atom stereocenters. The first-order valence-corrected chi connectivity index (χ1v) is 12.1. The summed E-state index contributed by atoms with van der Waals surface area (Å²) >= 11 is 0. The van der Waals surface area contributed by atoms with Crippen LogP contribution in [0, 0.1) is 5.82 Å². The molecular formula is C25H22F5N7O3. The Morgan fingerprint density at radius 2 is 2.02 bits per heavy atom. The summed E-state index contributed by atoms with van der Waals surface area (Å²) in [6, 6.07) is 3.12. The van der Waals surface area contributed by atoms with E-state index < -0.39 is 53.1 Å². The molecule has 1 aliphatic heterocycles. The van der Waals surface area contributed by atoms with Crippen LogP contribution in [0.4, 0.5) is 33.5 Å². The highest BCUT2D eigenvalue weighted by Gasteiger charge is 2.37. The number of ether oxygens (including phenoxy) is 1. The number of anilines is 2. The Balaban J connectivity index is 1.33. The van der Waals surface area contributed by atoms with Gasteiger partial charge in [0.25, 0.3) is 11.1 Å². The number of hydrogen-bond acceptors (Lipinski definition) is 8. The van der Waals surface area contributed by atoms with Gasteiger partial charge < -0.3 is 19.9 Å². The Bertz CT molecular complexity index is 1690. The van der Waals surface area contributed by atoms with Crippen molar-refractivity contribution in [3.05, 3.63) is 68.9 Å². The fraction of sp³-hybridized carbons (Fsp3) is 0.320. The molecule has 1 aromatic carbocycles. The van der Waals surface area contributed by atoms with Gasteiger partial charge in [0.05, 0.1) is 42.1 Å². The van der Waals surface area contributed by atoms with Gasteiger partial charge in [-0.2, -0.15) is 18.3 Å². The van der Waals surface area contributed by atoms with E-state index in [0.717, 1.165) is 16.8 Å². The molecule has 1 aliphatic rings. The molecule has 210 valence electrons. The number of halogens is 5. The molecule has 3 aromatic heterocycles. The molecule has 3 N–H and O–H groups in total. The van der Waals surface area contributed by atoms with E-state index in [4.69, 9.17) is 4.74 Å². The van der Waals surface area contributed by atoms with E-state index in [1.807, 2.05) is 0 Å². The molecule has 40 heavy (non-hydrogen) atoms. The van der Waals surface area contributed by atoms with E-state index in [1.54, 1.807) is 5.10 Å². The van der Waals surface area contributed by atoms with Crippen molar-refractivity contribution in [1.82, 2.24) is 24.7 Å². The lowest BCUT2D eigenvalue weighted by molar-refractivity contribution is -0.138. The molecule has 0 spiro atoms. The Labute approximate surface area is 222 Å². The van der Waals surface area contributed by atoms with Crippen LogP contribution >= 0.6 is 0 Å². The zero-order valence-corrected chi connectivity index (χ0v) is 20.9. The Kier molecular flexibility index (Phi) is 7.12. The first-order chi connectivity index (χ1) is 19.0. The van der Waals surface area contributed by atoms with Crippen molar-refractivity contribution in [2.24, 2.45) is 0 Å². The number of H-pyrrole nitrogens is 1. The Morgan fingerprint density at radius 3 is 2.80 bits per heavy atom. The Morgan fingerprint density at radius 1 is 1.23 bits per heavy atom. The predicted octanol–water partition coefficient (Wildman–Crippen LogP) is 3.73. The second-order valence-corrected chi connectivity index (χ2v) is 9.24. The largest absolute Gasteiger partial charge is 0.486 e. The molecule has 4 aromatic rings. The van der Waals surface area contributed by atoms with Crippen molar-refractivity contribution in [3.63, 3.8) is 0 Å². The second kappa shape index (κ2) is 10.5. The summed E-state index contributed by atoms with van der Waals surface area (Å²) in [4.78, 5) is 33.1. The predicted molar refractivity (Wildman–Crippen MR) is 136 cm³/mol. The molecular weight excluding hydrogens is 541 g/mol. The molecule has 0 radical (unpaired) electrons. The van der Waals surface area contributed by atoms with Crippen LogP contribution in [0.1, 0.15) is 18.9 Å². The van der Waals surface area contributed by atoms with Gasteiger partial charge in [0.15, 0.2) is 17.4 Å². The minimum atomic E-state index is -4.95. The van der Waals surface area contributed by atoms with Crippen molar-refractivity contribution in [2.45, 2.75) is 38.3 Å². The molecule has 4 heterocycles. The molecule has 10 nitrogen and oxygen atoms in total. The summed E-state index contributed by atoms with van der Waals surface area (Å²) in [5, 5.41) is 11.0. The summed E-state index contributed by atoms with van der Waals surface area (Å²) < 4.78 is 76.3. The van der Waals surface area contributed by atoms with E-state index >= 15 is 4.39 Å². The van der Waals surface area contributed by atoms with Crippen LogP contribution in [0.15, 0.2) is 46.4 Å². The number of fused-ring (bicyclic) bond motifs is 2. The molecule has 2 atom stereocenters. The van der Waals surface area contributed by atoms with E-state index in [-0.39, 0.29) is 23.2 Å². The number of nitrogens with one attached hydrogen (secondary N) is 3. The maximum Gasteiger partial charge on any atom is 0.423 e. The molecule has 0 fully saturated rings. The fourth-order valence-corrected chi connectivity index (χ4v) is 4.47. The van der Waals surface area contributed by atoms with Crippen LogP contribution in [0.2, 0.25) is 0 Å². The molecule has 0 saturated carbocycles. The van der Waals surface area contributed by atoms with Crippen molar-refractivity contribution < 1.29 is 26.7 Å². The third kappa shape index (κ3) is 5.44.